The van der Waals surface area contributed by atoms with Crippen molar-refractivity contribution in [2.45, 2.75) is 27.2 Å². The van der Waals surface area contributed by atoms with Crippen LogP contribution in [0.1, 0.15) is 36.2 Å². The van der Waals surface area contributed by atoms with Gasteiger partial charge in [-0.1, -0.05) is 31.9 Å². The summed E-state index contributed by atoms with van der Waals surface area (Å²) in [5, 5.41) is 0. The molecule has 0 aliphatic carbocycles. The van der Waals surface area contributed by atoms with Crippen LogP contribution in [-0.2, 0) is 0 Å². The molecule has 0 amide bonds. The topological polar surface area (TPSA) is 26.3 Å². The lowest BCUT2D eigenvalue weighted by atomic mass is 10.1. The molecule has 2 heteroatoms. The van der Waals surface area contributed by atoms with Gasteiger partial charge in [-0.2, -0.15) is 0 Å². The Labute approximate surface area is 91.3 Å². The molecule has 0 saturated carbocycles. The number of carbonyl (C=O) groups excluding carboxylic acids is 1. The largest absolute Gasteiger partial charge is 0.493 e. The smallest absolute Gasteiger partial charge is 0.153 e. The predicted molar refractivity (Wildman–Crippen MR) is 61.5 cm³/mol. The number of hydrogen-bond acceptors (Lipinski definition) is 2. The number of rotatable bonds is 5. The van der Waals surface area contributed by atoms with E-state index >= 15 is 0 Å². The molecule has 1 aromatic rings. The fourth-order valence-electron chi connectivity index (χ4n) is 1.24. The van der Waals surface area contributed by atoms with Crippen LogP contribution in [0, 0.1) is 12.8 Å². The fourth-order valence-corrected chi connectivity index (χ4v) is 1.24. The third-order valence-electron chi connectivity index (χ3n) is 2.51. The number of aryl methyl sites for hydroxylation is 1. The molecule has 0 saturated heterocycles. The van der Waals surface area contributed by atoms with Gasteiger partial charge in [-0.05, 0) is 25.0 Å². The molecule has 0 fully saturated rings. The van der Waals surface area contributed by atoms with Crippen molar-refractivity contribution < 1.29 is 9.53 Å². The lowest BCUT2D eigenvalue weighted by molar-refractivity contribution is 0.111. The van der Waals surface area contributed by atoms with Crippen LogP contribution in [-0.4, -0.2) is 12.9 Å². The highest BCUT2D eigenvalue weighted by molar-refractivity contribution is 5.79. The van der Waals surface area contributed by atoms with Gasteiger partial charge in [0.2, 0.25) is 0 Å². The van der Waals surface area contributed by atoms with Crippen molar-refractivity contribution in [2.24, 2.45) is 5.92 Å². The van der Waals surface area contributed by atoms with Gasteiger partial charge < -0.3 is 4.74 Å². The Morgan fingerprint density at radius 1 is 1.47 bits per heavy atom. The summed E-state index contributed by atoms with van der Waals surface area (Å²) in [6.45, 7) is 6.89. The molecule has 1 rings (SSSR count). The average Bonchev–Trinajstić information content (AvgIpc) is 2.26. The van der Waals surface area contributed by atoms with Gasteiger partial charge >= 0.3 is 0 Å². The summed E-state index contributed by atoms with van der Waals surface area (Å²) in [7, 11) is 0. The first kappa shape index (κ1) is 11.8. The molecule has 1 aromatic carbocycles. The number of ether oxygens (including phenoxy) is 1. The summed E-state index contributed by atoms with van der Waals surface area (Å²) in [5.41, 5.74) is 1.71. The lowest BCUT2D eigenvalue weighted by Gasteiger charge is -2.12. The molecular formula is C13H18O2. The van der Waals surface area contributed by atoms with E-state index in [1.165, 1.54) is 0 Å². The Kier molecular flexibility index (Phi) is 4.35. The Hall–Kier alpha value is -1.31. The molecule has 0 aromatic heterocycles. The average molecular weight is 206 g/mol. The van der Waals surface area contributed by atoms with E-state index in [1.54, 1.807) is 0 Å². The van der Waals surface area contributed by atoms with E-state index in [9.17, 15) is 4.79 Å². The van der Waals surface area contributed by atoms with Crippen molar-refractivity contribution >= 4 is 6.29 Å². The lowest BCUT2D eigenvalue weighted by Crippen LogP contribution is -2.08. The maximum absolute atomic E-state index is 10.8. The molecule has 1 atom stereocenters. The first-order valence-electron chi connectivity index (χ1n) is 5.36. The van der Waals surface area contributed by atoms with Gasteiger partial charge in [-0.15, -0.1) is 0 Å². The third kappa shape index (κ3) is 3.39. The summed E-state index contributed by atoms with van der Waals surface area (Å²) in [6, 6.07) is 5.67. The molecule has 0 heterocycles. The summed E-state index contributed by atoms with van der Waals surface area (Å²) >= 11 is 0. The minimum Gasteiger partial charge on any atom is -0.493 e. The molecule has 2 nitrogen and oxygen atoms in total. The Morgan fingerprint density at radius 2 is 2.20 bits per heavy atom. The molecule has 0 radical (unpaired) electrons. The van der Waals surface area contributed by atoms with Gasteiger partial charge in [-0.3, -0.25) is 4.79 Å². The molecule has 0 bridgehead atoms. The van der Waals surface area contributed by atoms with Gasteiger partial charge in [0.25, 0.3) is 0 Å². The second-order valence-electron chi connectivity index (χ2n) is 3.98. The SMILES string of the molecule is CCC(C)COc1ccc(C)cc1C=O. The van der Waals surface area contributed by atoms with Crippen LogP contribution in [0.5, 0.6) is 5.75 Å². The number of hydrogen-bond donors (Lipinski definition) is 0. The van der Waals surface area contributed by atoms with Gasteiger partial charge in [0, 0.05) is 0 Å². The van der Waals surface area contributed by atoms with Crippen LogP contribution in [0.25, 0.3) is 0 Å². The molecule has 0 N–H and O–H groups in total. The number of carbonyl (C=O) groups is 1. The van der Waals surface area contributed by atoms with Crippen LogP contribution in [0.4, 0.5) is 0 Å². The zero-order valence-electron chi connectivity index (χ0n) is 9.62. The predicted octanol–water partition coefficient (Wildman–Crippen LogP) is 3.23. The Morgan fingerprint density at radius 3 is 2.80 bits per heavy atom. The monoisotopic (exact) mass is 206 g/mol. The quantitative estimate of drug-likeness (QED) is 0.691. The minimum absolute atomic E-state index is 0.519. The third-order valence-corrected chi connectivity index (χ3v) is 2.51. The van der Waals surface area contributed by atoms with Gasteiger partial charge in [-0.25, -0.2) is 0 Å². The standard InChI is InChI=1S/C13H18O2/c1-4-10(2)9-15-13-6-5-11(3)7-12(13)8-14/h5-8,10H,4,9H2,1-3H3. The molecule has 1 unspecified atom stereocenters. The van der Waals surface area contributed by atoms with Crippen LogP contribution < -0.4 is 4.74 Å². The van der Waals surface area contributed by atoms with Crippen molar-refractivity contribution in [3.05, 3.63) is 29.3 Å². The van der Waals surface area contributed by atoms with E-state index in [-0.39, 0.29) is 0 Å². The number of aldehydes is 1. The molecule has 15 heavy (non-hydrogen) atoms. The van der Waals surface area contributed by atoms with Gasteiger partial charge in [0.05, 0.1) is 12.2 Å². The van der Waals surface area contributed by atoms with Crippen molar-refractivity contribution in [2.75, 3.05) is 6.61 Å². The summed E-state index contributed by atoms with van der Waals surface area (Å²) < 4.78 is 5.60. The van der Waals surface area contributed by atoms with Gasteiger partial charge in [0.1, 0.15) is 5.75 Å². The van der Waals surface area contributed by atoms with Crippen molar-refractivity contribution in [1.82, 2.24) is 0 Å². The fraction of sp³-hybridized carbons (Fsp3) is 0.462. The minimum atomic E-state index is 0.519. The first-order valence-corrected chi connectivity index (χ1v) is 5.36. The zero-order valence-corrected chi connectivity index (χ0v) is 9.62. The normalized spacial score (nSPS) is 12.2. The maximum Gasteiger partial charge on any atom is 0.153 e. The van der Waals surface area contributed by atoms with Crippen molar-refractivity contribution in [1.29, 1.82) is 0 Å². The van der Waals surface area contributed by atoms with E-state index in [1.807, 2.05) is 25.1 Å². The molecule has 0 spiro atoms. The number of benzene rings is 1. The van der Waals surface area contributed by atoms with Gasteiger partial charge in [0.15, 0.2) is 6.29 Å². The molecule has 0 aliphatic rings. The summed E-state index contributed by atoms with van der Waals surface area (Å²) in [4.78, 5) is 10.8. The molecule has 0 aliphatic heterocycles. The van der Waals surface area contributed by atoms with E-state index in [0.717, 1.165) is 18.3 Å². The van der Waals surface area contributed by atoms with Crippen molar-refractivity contribution in [3.63, 3.8) is 0 Å². The summed E-state index contributed by atoms with van der Waals surface area (Å²) in [6.07, 6.45) is 1.93. The Bertz CT molecular complexity index is 331. The highest BCUT2D eigenvalue weighted by Crippen LogP contribution is 2.19. The van der Waals surface area contributed by atoms with E-state index in [4.69, 9.17) is 4.74 Å². The highest BCUT2D eigenvalue weighted by atomic mass is 16.5. The van der Waals surface area contributed by atoms with Crippen LogP contribution >= 0.6 is 0 Å². The second kappa shape index (κ2) is 5.54. The second-order valence-corrected chi connectivity index (χ2v) is 3.98. The molecular weight excluding hydrogens is 188 g/mol. The summed E-state index contributed by atoms with van der Waals surface area (Å²) in [5.74, 6) is 1.21. The van der Waals surface area contributed by atoms with E-state index in [2.05, 4.69) is 13.8 Å². The zero-order chi connectivity index (χ0) is 11.3. The van der Waals surface area contributed by atoms with E-state index < -0.39 is 0 Å². The first-order chi connectivity index (χ1) is 7.17. The van der Waals surface area contributed by atoms with Crippen LogP contribution in [0.15, 0.2) is 18.2 Å². The highest BCUT2D eigenvalue weighted by Gasteiger charge is 2.05. The molecule has 82 valence electrons. The van der Waals surface area contributed by atoms with E-state index in [0.29, 0.717) is 23.8 Å². The van der Waals surface area contributed by atoms with Crippen molar-refractivity contribution in [3.8, 4) is 5.75 Å². The van der Waals surface area contributed by atoms with Crippen LogP contribution in [0.3, 0.4) is 0 Å². The maximum atomic E-state index is 10.8. The van der Waals surface area contributed by atoms with Crippen LogP contribution in [0.2, 0.25) is 0 Å². The Balaban J connectivity index is 2.72.